The van der Waals surface area contributed by atoms with Crippen LogP contribution in [0.3, 0.4) is 0 Å². The van der Waals surface area contributed by atoms with Gasteiger partial charge in [0.1, 0.15) is 12.4 Å². The van der Waals surface area contributed by atoms with Crippen molar-refractivity contribution in [3.63, 3.8) is 0 Å². The van der Waals surface area contributed by atoms with Crippen molar-refractivity contribution in [1.29, 1.82) is 0 Å². The van der Waals surface area contributed by atoms with Gasteiger partial charge < -0.3 is 10.1 Å². The summed E-state index contributed by atoms with van der Waals surface area (Å²) in [6.45, 7) is 2.49. The van der Waals surface area contributed by atoms with Gasteiger partial charge in [-0.05, 0) is 26.1 Å². The molecule has 2 aromatic carbocycles. The molecule has 0 saturated heterocycles. The average Bonchev–Trinajstić information content (AvgIpc) is 2.48. The highest BCUT2D eigenvalue weighted by atomic mass is 35.5. The van der Waals surface area contributed by atoms with Crippen LogP contribution >= 0.6 is 23.2 Å². The fourth-order valence-electron chi connectivity index (χ4n) is 1.94. The highest BCUT2D eigenvalue weighted by molar-refractivity contribution is 6.42. The molecule has 0 amide bonds. The Kier molecular flexibility index (Phi) is 5.30. The molecular weight excluding hydrogens is 293 g/mol. The van der Waals surface area contributed by atoms with E-state index in [-0.39, 0.29) is 6.04 Å². The summed E-state index contributed by atoms with van der Waals surface area (Å²) in [4.78, 5) is 0. The maximum atomic E-state index is 6.16. The van der Waals surface area contributed by atoms with Crippen molar-refractivity contribution in [1.82, 2.24) is 5.32 Å². The van der Waals surface area contributed by atoms with E-state index >= 15 is 0 Å². The first-order chi connectivity index (χ1) is 9.63. The summed E-state index contributed by atoms with van der Waals surface area (Å²) in [6, 6.07) is 13.7. The van der Waals surface area contributed by atoms with Crippen molar-refractivity contribution in [3.8, 4) is 5.75 Å². The van der Waals surface area contributed by atoms with Crippen LogP contribution in [0.4, 0.5) is 0 Å². The van der Waals surface area contributed by atoms with Crippen LogP contribution in [-0.2, 0) is 6.61 Å². The molecule has 0 saturated carbocycles. The summed E-state index contributed by atoms with van der Waals surface area (Å²) in [6.07, 6.45) is 0. The number of benzene rings is 2. The van der Waals surface area contributed by atoms with E-state index in [0.717, 1.165) is 16.9 Å². The number of hydrogen-bond acceptors (Lipinski definition) is 2. The first-order valence-electron chi connectivity index (χ1n) is 6.45. The standard InChI is InChI=1S/C16H17Cl2NO/c1-11(19-2)13-7-3-4-9-15(13)20-10-12-6-5-8-14(17)16(12)18/h3-9,11,19H,10H2,1-2H3. The third kappa shape index (κ3) is 3.45. The molecule has 106 valence electrons. The van der Waals surface area contributed by atoms with Gasteiger partial charge in [0.25, 0.3) is 0 Å². The third-order valence-electron chi connectivity index (χ3n) is 3.23. The molecule has 1 unspecified atom stereocenters. The highest BCUT2D eigenvalue weighted by Crippen LogP contribution is 2.29. The molecule has 0 aliphatic heterocycles. The number of hydrogen-bond donors (Lipinski definition) is 1. The van der Waals surface area contributed by atoms with Gasteiger partial charge in [0.05, 0.1) is 10.0 Å². The Morgan fingerprint density at radius 2 is 1.85 bits per heavy atom. The molecule has 0 bridgehead atoms. The average molecular weight is 310 g/mol. The molecule has 2 nitrogen and oxygen atoms in total. The van der Waals surface area contributed by atoms with E-state index in [4.69, 9.17) is 27.9 Å². The lowest BCUT2D eigenvalue weighted by molar-refractivity contribution is 0.300. The second kappa shape index (κ2) is 6.98. The van der Waals surface area contributed by atoms with Crippen LogP contribution in [0.25, 0.3) is 0 Å². The Labute approximate surface area is 129 Å². The molecule has 0 aliphatic carbocycles. The topological polar surface area (TPSA) is 21.3 Å². The van der Waals surface area contributed by atoms with E-state index in [2.05, 4.69) is 18.3 Å². The molecule has 1 N–H and O–H groups in total. The van der Waals surface area contributed by atoms with Crippen LogP contribution in [0.15, 0.2) is 42.5 Å². The van der Waals surface area contributed by atoms with Crippen molar-refractivity contribution in [2.45, 2.75) is 19.6 Å². The normalized spacial score (nSPS) is 12.2. The smallest absolute Gasteiger partial charge is 0.124 e. The molecule has 2 aromatic rings. The molecule has 0 aromatic heterocycles. The van der Waals surface area contributed by atoms with E-state index in [1.165, 1.54) is 0 Å². The molecule has 0 fully saturated rings. The fraction of sp³-hybridized carbons (Fsp3) is 0.250. The molecule has 2 rings (SSSR count). The molecule has 4 heteroatoms. The minimum atomic E-state index is 0.223. The number of rotatable bonds is 5. The van der Waals surface area contributed by atoms with Crippen molar-refractivity contribution in [2.75, 3.05) is 7.05 Å². The van der Waals surface area contributed by atoms with Gasteiger partial charge in [0.15, 0.2) is 0 Å². The van der Waals surface area contributed by atoms with Gasteiger partial charge in [-0.25, -0.2) is 0 Å². The van der Waals surface area contributed by atoms with Crippen molar-refractivity contribution >= 4 is 23.2 Å². The van der Waals surface area contributed by atoms with Crippen molar-refractivity contribution in [2.24, 2.45) is 0 Å². The quantitative estimate of drug-likeness (QED) is 0.852. The van der Waals surface area contributed by atoms with E-state index in [0.29, 0.717) is 16.7 Å². The molecule has 0 aliphatic rings. The van der Waals surface area contributed by atoms with Gasteiger partial charge >= 0.3 is 0 Å². The zero-order valence-electron chi connectivity index (χ0n) is 11.5. The second-order valence-electron chi connectivity index (χ2n) is 4.55. The number of halogens is 2. The Morgan fingerprint density at radius 3 is 2.60 bits per heavy atom. The number of para-hydroxylation sites is 1. The van der Waals surface area contributed by atoms with Gasteiger partial charge in [-0.3, -0.25) is 0 Å². The van der Waals surface area contributed by atoms with Crippen LogP contribution in [0.5, 0.6) is 5.75 Å². The van der Waals surface area contributed by atoms with Crippen molar-refractivity contribution in [3.05, 3.63) is 63.6 Å². The molecule has 20 heavy (non-hydrogen) atoms. The Hall–Kier alpha value is -1.22. The molecule has 0 spiro atoms. The molecule has 0 radical (unpaired) electrons. The summed E-state index contributed by atoms with van der Waals surface area (Å²) in [5.74, 6) is 0.852. The lowest BCUT2D eigenvalue weighted by Gasteiger charge is -2.16. The number of nitrogens with one attached hydrogen (secondary N) is 1. The van der Waals surface area contributed by atoms with Crippen LogP contribution < -0.4 is 10.1 Å². The predicted molar refractivity (Wildman–Crippen MR) is 84.7 cm³/mol. The van der Waals surface area contributed by atoms with Crippen LogP contribution in [0.1, 0.15) is 24.1 Å². The predicted octanol–water partition coefficient (Wildman–Crippen LogP) is 4.85. The lowest BCUT2D eigenvalue weighted by Crippen LogP contribution is -2.13. The molecular formula is C16H17Cl2NO. The minimum absolute atomic E-state index is 0.223. The van der Waals surface area contributed by atoms with Gasteiger partial charge in [0.2, 0.25) is 0 Å². The Morgan fingerprint density at radius 1 is 1.10 bits per heavy atom. The number of ether oxygens (including phenoxy) is 1. The first kappa shape index (κ1) is 15.2. The zero-order valence-corrected chi connectivity index (χ0v) is 13.0. The van der Waals surface area contributed by atoms with Crippen LogP contribution in [0, 0.1) is 0 Å². The zero-order chi connectivity index (χ0) is 14.5. The van der Waals surface area contributed by atoms with Gasteiger partial charge in [-0.1, -0.05) is 53.5 Å². The monoisotopic (exact) mass is 309 g/mol. The summed E-state index contributed by atoms with van der Waals surface area (Å²) in [5.41, 5.74) is 2.00. The van der Waals surface area contributed by atoms with E-state index in [9.17, 15) is 0 Å². The van der Waals surface area contributed by atoms with Crippen LogP contribution in [0.2, 0.25) is 10.0 Å². The van der Waals surface area contributed by atoms with Crippen molar-refractivity contribution < 1.29 is 4.74 Å². The van der Waals surface area contributed by atoms with E-state index < -0.39 is 0 Å². The summed E-state index contributed by atoms with van der Waals surface area (Å²) in [5, 5.41) is 4.31. The molecule has 1 atom stereocenters. The maximum absolute atomic E-state index is 6.16. The SMILES string of the molecule is CNC(C)c1ccccc1OCc1cccc(Cl)c1Cl. The molecule has 0 heterocycles. The Bertz CT molecular complexity index is 586. The third-order valence-corrected chi connectivity index (χ3v) is 4.09. The fourth-order valence-corrected chi connectivity index (χ4v) is 2.32. The van der Waals surface area contributed by atoms with E-state index in [1.54, 1.807) is 6.07 Å². The lowest BCUT2D eigenvalue weighted by atomic mass is 10.1. The summed E-state index contributed by atoms with van der Waals surface area (Å²) in [7, 11) is 1.93. The first-order valence-corrected chi connectivity index (χ1v) is 7.21. The van der Waals surface area contributed by atoms with E-state index in [1.807, 2.05) is 37.4 Å². The highest BCUT2D eigenvalue weighted by Gasteiger charge is 2.10. The van der Waals surface area contributed by atoms with Gasteiger partial charge in [-0.2, -0.15) is 0 Å². The van der Waals surface area contributed by atoms with Crippen LogP contribution in [-0.4, -0.2) is 7.05 Å². The summed E-state index contributed by atoms with van der Waals surface area (Å²) >= 11 is 12.2. The summed E-state index contributed by atoms with van der Waals surface area (Å²) < 4.78 is 5.90. The van der Waals surface area contributed by atoms with Gasteiger partial charge in [0, 0.05) is 17.2 Å². The largest absolute Gasteiger partial charge is 0.489 e. The maximum Gasteiger partial charge on any atom is 0.124 e. The second-order valence-corrected chi connectivity index (χ2v) is 5.33. The Balaban J connectivity index is 2.17. The minimum Gasteiger partial charge on any atom is -0.489 e. The van der Waals surface area contributed by atoms with Gasteiger partial charge in [-0.15, -0.1) is 0 Å².